The van der Waals surface area contributed by atoms with Gasteiger partial charge in [0.2, 0.25) is 0 Å². The molecule has 0 bridgehead atoms. The number of piperazine rings is 1. The molecule has 198 valence electrons. The van der Waals surface area contributed by atoms with Crippen molar-refractivity contribution < 1.29 is 4.79 Å². The van der Waals surface area contributed by atoms with Crippen LogP contribution in [0.1, 0.15) is 45.6 Å². The van der Waals surface area contributed by atoms with Crippen LogP contribution in [0.2, 0.25) is 0 Å². The molecule has 2 aliphatic heterocycles. The lowest BCUT2D eigenvalue weighted by Crippen LogP contribution is -2.47. The van der Waals surface area contributed by atoms with Crippen LogP contribution in [0.4, 0.5) is 5.82 Å². The van der Waals surface area contributed by atoms with Gasteiger partial charge in [0.25, 0.3) is 5.91 Å². The number of aryl methyl sites for hydroxylation is 1. The number of benzene rings is 2. The van der Waals surface area contributed by atoms with Crippen LogP contribution in [0, 0.1) is 11.3 Å². The van der Waals surface area contributed by atoms with E-state index in [4.69, 9.17) is 4.98 Å². The summed E-state index contributed by atoms with van der Waals surface area (Å²) >= 11 is 0. The van der Waals surface area contributed by atoms with Crippen LogP contribution < -0.4 is 10.2 Å². The summed E-state index contributed by atoms with van der Waals surface area (Å²) in [6.45, 7) is 6.07. The predicted octanol–water partition coefficient (Wildman–Crippen LogP) is 3.93. The molecule has 6 rings (SSSR count). The van der Waals surface area contributed by atoms with Crippen LogP contribution >= 0.6 is 0 Å². The van der Waals surface area contributed by atoms with Gasteiger partial charge < -0.3 is 14.8 Å². The topological polar surface area (TPSA) is 90.1 Å². The van der Waals surface area contributed by atoms with Gasteiger partial charge in [-0.15, -0.1) is 0 Å². The molecule has 2 aromatic carbocycles. The Balaban J connectivity index is 1.22. The minimum Gasteiger partial charge on any atom is -0.352 e. The Morgan fingerprint density at radius 1 is 0.949 bits per heavy atom. The van der Waals surface area contributed by atoms with Crippen molar-refractivity contribution in [3.8, 4) is 6.07 Å². The highest BCUT2D eigenvalue weighted by atomic mass is 16.1. The van der Waals surface area contributed by atoms with E-state index < -0.39 is 0 Å². The van der Waals surface area contributed by atoms with E-state index in [1.807, 2.05) is 18.2 Å². The summed E-state index contributed by atoms with van der Waals surface area (Å²) < 4.78 is 2.29. The van der Waals surface area contributed by atoms with Gasteiger partial charge in [0.05, 0.1) is 17.2 Å². The van der Waals surface area contributed by atoms with Gasteiger partial charge in [-0.3, -0.25) is 9.69 Å². The second-order valence-corrected chi connectivity index (χ2v) is 10.4. The van der Waals surface area contributed by atoms with Crippen molar-refractivity contribution in [3.05, 3.63) is 88.9 Å². The molecule has 8 heteroatoms. The largest absolute Gasteiger partial charge is 0.352 e. The molecule has 0 unspecified atom stereocenters. The summed E-state index contributed by atoms with van der Waals surface area (Å²) in [5.41, 5.74) is 6.33. The van der Waals surface area contributed by atoms with Gasteiger partial charge in [0, 0.05) is 51.5 Å². The molecular formula is C31H33N7O. The fraction of sp³-hybridized carbons (Fsp3) is 0.355. The summed E-state index contributed by atoms with van der Waals surface area (Å²) in [6.07, 6.45) is 5.67. The van der Waals surface area contributed by atoms with Crippen LogP contribution in [-0.4, -0.2) is 58.1 Å². The van der Waals surface area contributed by atoms with Crippen molar-refractivity contribution >= 4 is 22.8 Å². The number of hydrogen-bond donors (Lipinski definition) is 1. The Hall–Kier alpha value is -4.22. The van der Waals surface area contributed by atoms with Gasteiger partial charge >= 0.3 is 0 Å². The van der Waals surface area contributed by atoms with E-state index in [2.05, 4.69) is 61.1 Å². The first-order valence-corrected chi connectivity index (χ1v) is 13.9. The maximum absolute atomic E-state index is 13.6. The number of amides is 1. The average Bonchev–Trinajstić information content (AvgIpc) is 3.34. The lowest BCUT2D eigenvalue weighted by molar-refractivity contribution is 0.0951. The van der Waals surface area contributed by atoms with E-state index in [0.29, 0.717) is 17.7 Å². The third-order valence-corrected chi connectivity index (χ3v) is 7.94. The average molecular weight is 520 g/mol. The Labute approximate surface area is 228 Å². The molecule has 39 heavy (non-hydrogen) atoms. The number of carbonyl (C=O) groups is 1. The molecule has 0 spiro atoms. The summed E-state index contributed by atoms with van der Waals surface area (Å²) in [7, 11) is 0. The molecule has 1 fully saturated rings. The normalized spacial score (nSPS) is 15.6. The third kappa shape index (κ3) is 5.23. The van der Waals surface area contributed by atoms with Crippen LogP contribution in [0.3, 0.4) is 0 Å². The fourth-order valence-electron chi connectivity index (χ4n) is 5.88. The molecule has 8 nitrogen and oxygen atoms in total. The summed E-state index contributed by atoms with van der Waals surface area (Å²) in [6, 6.07) is 20.2. The van der Waals surface area contributed by atoms with Crippen molar-refractivity contribution in [2.45, 2.75) is 38.8 Å². The highest BCUT2D eigenvalue weighted by Gasteiger charge is 2.29. The van der Waals surface area contributed by atoms with Crippen LogP contribution in [0.15, 0.2) is 60.9 Å². The fourth-order valence-corrected chi connectivity index (χ4v) is 5.88. The third-order valence-electron chi connectivity index (χ3n) is 7.94. The number of anilines is 1. The van der Waals surface area contributed by atoms with Crippen molar-refractivity contribution in [2.75, 3.05) is 37.6 Å². The highest BCUT2D eigenvalue weighted by molar-refractivity contribution is 6.09. The number of nitrogens with zero attached hydrogens (tertiary/aromatic N) is 6. The number of nitriles is 1. The van der Waals surface area contributed by atoms with Gasteiger partial charge in [-0.1, -0.05) is 42.5 Å². The zero-order valence-electron chi connectivity index (χ0n) is 22.1. The van der Waals surface area contributed by atoms with Crippen molar-refractivity contribution in [1.29, 1.82) is 5.26 Å². The molecule has 2 aliphatic rings. The molecular weight excluding hydrogens is 486 g/mol. The maximum atomic E-state index is 13.6. The maximum Gasteiger partial charge on any atom is 0.255 e. The smallest absolute Gasteiger partial charge is 0.255 e. The Bertz CT molecular complexity index is 1510. The van der Waals surface area contributed by atoms with Crippen LogP contribution in [0.25, 0.3) is 11.0 Å². The van der Waals surface area contributed by atoms with E-state index in [1.165, 1.54) is 5.56 Å². The monoisotopic (exact) mass is 519 g/mol. The lowest BCUT2D eigenvalue weighted by Gasteiger charge is -2.35. The van der Waals surface area contributed by atoms with Crippen molar-refractivity contribution in [3.63, 3.8) is 0 Å². The Morgan fingerprint density at radius 3 is 2.59 bits per heavy atom. The first-order valence-electron chi connectivity index (χ1n) is 13.9. The number of nitrogens with one attached hydrogen (secondary N) is 1. The highest BCUT2D eigenvalue weighted by Crippen LogP contribution is 2.34. The predicted molar refractivity (Wildman–Crippen MR) is 152 cm³/mol. The minimum absolute atomic E-state index is 0.117. The molecule has 0 atom stereocenters. The molecule has 4 aromatic rings. The van der Waals surface area contributed by atoms with E-state index in [9.17, 15) is 10.1 Å². The number of rotatable bonds is 7. The second kappa shape index (κ2) is 11.3. The van der Waals surface area contributed by atoms with Crippen molar-refractivity contribution in [1.82, 2.24) is 24.8 Å². The Morgan fingerprint density at radius 2 is 1.77 bits per heavy atom. The quantitative estimate of drug-likeness (QED) is 0.398. The zero-order valence-corrected chi connectivity index (χ0v) is 22.1. The van der Waals surface area contributed by atoms with E-state index in [1.54, 1.807) is 12.4 Å². The number of aromatic nitrogens is 3. The van der Waals surface area contributed by atoms with E-state index in [0.717, 1.165) is 93.1 Å². The molecule has 1 saturated heterocycles. The van der Waals surface area contributed by atoms with Crippen LogP contribution in [0.5, 0.6) is 0 Å². The molecule has 1 amide bonds. The standard InChI is InChI=1S/C31H33N7O/c32-20-24-9-6-10-25(19-24)21-33-31(39)27-26-11-4-5-13-38(26)29-28(27)34-22-35-30(29)37-17-15-36(16-18-37)14-12-23-7-2-1-3-8-23/h1-3,6-10,19,22H,4-5,11-18,21H2,(H,33,39). The van der Waals surface area contributed by atoms with Gasteiger partial charge in [-0.05, 0) is 48.9 Å². The van der Waals surface area contributed by atoms with Crippen molar-refractivity contribution in [2.24, 2.45) is 0 Å². The van der Waals surface area contributed by atoms with Gasteiger partial charge in [0.15, 0.2) is 5.82 Å². The van der Waals surface area contributed by atoms with Gasteiger partial charge in [0.1, 0.15) is 17.4 Å². The summed E-state index contributed by atoms with van der Waals surface area (Å²) in [5.74, 6) is 0.819. The zero-order chi connectivity index (χ0) is 26.6. The summed E-state index contributed by atoms with van der Waals surface area (Å²) in [5, 5.41) is 12.3. The van der Waals surface area contributed by atoms with Gasteiger partial charge in [-0.25, -0.2) is 9.97 Å². The first kappa shape index (κ1) is 25.1. The molecule has 0 radical (unpaired) electrons. The van der Waals surface area contributed by atoms with Crippen LogP contribution in [-0.2, 0) is 25.9 Å². The van der Waals surface area contributed by atoms with Gasteiger partial charge in [-0.2, -0.15) is 5.26 Å². The SMILES string of the molecule is N#Cc1cccc(CNC(=O)c2c3n(c4c(N5CCN(CCc6ccccc6)CC5)ncnc24)CCCC3)c1. The Kier molecular flexibility index (Phi) is 7.24. The minimum atomic E-state index is -0.117. The number of fused-ring (bicyclic) bond motifs is 3. The lowest BCUT2D eigenvalue weighted by atomic mass is 10.1. The molecule has 2 aromatic heterocycles. The summed E-state index contributed by atoms with van der Waals surface area (Å²) in [4.78, 5) is 27.9. The molecule has 1 N–H and O–H groups in total. The molecule has 0 saturated carbocycles. The van der Waals surface area contributed by atoms with E-state index >= 15 is 0 Å². The molecule has 4 heterocycles. The number of carbonyl (C=O) groups excluding carboxylic acids is 1. The van der Waals surface area contributed by atoms with E-state index in [-0.39, 0.29) is 5.91 Å². The first-order chi connectivity index (χ1) is 19.2. The molecule has 0 aliphatic carbocycles. The number of hydrogen-bond acceptors (Lipinski definition) is 6. The second-order valence-electron chi connectivity index (χ2n) is 10.4.